The third-order valence-electron chi connectivity index (χ3n) is 2.72. The lowest BCUT2D eigenvalue weighted by Crippen LogP contribution is -2.26. The van der Waals surface area contributed by atoms with Crippen LogP contribution in [0.2, 0.25) is 0 Å². The maximum Gasteiger partial charge on any atom is 0.335 e. The number of carbonyl (C=O) groups is 2. The molecule has 1 atom stereocenters. The summed E-state index contributed by atoms with van der Waals surface area (Å²) in [7, 11) is 0. The average molecular weight is 251 g/mol. The van der Waals surface area contributed by atoms with Crippen molar-refractivity contribution in [3.8, 4) is 5.75 Å². The van der Waals surface area contributed by atoms with E-state index in [1.807, 2.05) is 0 Å². The Morgan fingerprint density at radius 2 is 2.17 bits per heavy atom. The summed E-state index contributed by atoms with van der Waals surface area (Å²) in [6, 6.07) is 3.76. The van der Waals surface area contributed by atoms with E-state index in [0.29, 0.717) is 13.0 Å². The molecule has 0 saturated carbocycles. The Morgan fingerprint density at radius 3 is 2.72 bits per heavy atom. The number of nitrogens with one attached hydrogen (secondary N) is 1. The molecule has 6 nitrogen and oxygen atoms in total. The third-order valence-corrected chi connectivity index (χ3v) is 2.72. The molecule has 1 aromatic carbocycles. The first-order valence-corrected chi connectivity index (χ1v) is 5.56. The molecule has 1 heterocycles. The third kappa shape index (κ3) is 2.60. The number of phenolic OH excluding ortho intramolecular Hbond substituents is 1. The number of rotatable bonds is 3. The number of aromatic carboxylic acids is 1. The van der Waals surface area contributed by atoms with Crippen molar-refractivity contribution in [3.05, 3.63) is 23.8 Å². The number of carboxylic acids is 1. The zero-order chi connectivity index (χ0) is 13.1. The van der Waals surface area contributed by atoms with Gasteiger partial charge in [-0.25, -0.2) is 4.79 Å². The van der Waals surface area contributed by atoms with Gasteiger partial charge < -0.3 is 20.3 Å². The topological polar surface area (TPSA) is 95.9 Å². The minimum absolute atomic E-state index is 0.0392. The fourth-order valence-electron chi connectivity index (χ4n) is 1.77. The lowest BCUT2D eigenvalue weighted by molar-refractivity contribution is -0.124. The van der Waals surface area contributed by atoms with Crippen molar-refractivity contribution >= 4 is 17.6 Å². The van der Waals surface area contributed by atoms with Crippen molar-refractivity contribution < 1.29 is 24.5 Å². The summed E-state index contributed by atoms with van der Waals surface area (Å²) in [6.45, 7) is 0.558. The number of hydrogen-bond acceptors (Lipinski definition) is 4. The highest BCUT2D eigenvalue weighted by atomic mass is 16.5. The number of carbonyl (C=O) groups excluding carboxylic acids is 1. The van der Waals surface area contributed by atoms with Gasteiger partial charge in [0.1, 0.15) is 11.9 Å². The van der Waals surface area contributed by atoms with Crippen LogP contribution in [0.1, 0.15) is 23.2 Å². The molecule has 1 fully saturated rings. The molecule has 3 N–H and O–H groups in total. The first-order chi connectivity index (χ1) is 8.58. The molecule has 0 radical (unpaired) electrons. The molecule has 1 aliphatic heterocycles. The molecule has 6 heteroatoms. The number of carboxylic acid groups (broad SMARTS) is 1. The van der Waals surface area contributed by atoms with Gasteiger partial charge in [0.05, 0.1) is 11.3 Å². The number of hydrogen-bond donors (Lipinski definition) is 3. The second-order valence-corrected chi connectivity index (χ2v) is 4.03. The maximum absolute atomic E-state index is 11.7. The fraction of sp³-hybridized carbons (Fsp3) is 0.333. The molecule has 0 spiro atoms. The molecular weight excluding hydrogens is 238 g/mol. The predicted molar refractivity (Wildman–Crippen MR) is 62.7 cm³/mol. The zero-order valence-electron chi connectivity index (χ0n) is 9.55. The Bertz CT molecular complexity index is 479. The van der Waals surface area contributed by atoms with Crippen molar-refractivity contribution in [3.63, 3.8) is 0 Å². The molecule has 1 aromatic rings. The van der Waals surface area contributed by atoms with E-state index in [9.17, 15) is 14.7 Å². The largest absolute Gasteiger partial charge is 0.506 e. The minimum atomic E-state index is -1.14. The minimum Gasteiger partial charge on any atom is -0.506 e. The van der Waals surface area contributed by atoms with Crippen molar-refractivity contribution in [2.24, 2.45) is 0 Å². The highest BCUT2D eigenvalue weighted by Crippen LogP contribution is 2.25. The van der Waals surface area contributed by atoms with E-state index in [2.05, 4.69) is 5.32 Å². The number of amides is 1. The number of phenols is 1. The van der Waals surface area contributed by atoms with Crippen LogP contribution in [-0.4, -0.2) is 34.8 Å². The van der Waals surface area contributed by atoms with Crippen LogP contribution in [0, 0.1) is 0 Å². The fourth-order valence-corrected chi connectivity index (χ4v) is 1.77. The summed E-state index contributed by atoms with van der Waals surface area (Å²) in [5.74, 6) is -1.74. The number of anilines is 1. The van der Waals surface area contributed by atoms with Gasteiger partial charge in [-0.15, -0.1) is 0 Å². The monoisotopic (exact) mass is 251 g/mol. The van der Waals surface area contributed by atoms with E-state index in [1.54, 1.807) is 0 Å². The summed E-state index contributed by atoms with van der Waals surface area (Å²) in [4.78, 5) is 22.4. The molecule has 1 amide bonds. The van der Waals surface area contributed by atoms with Gasteiger partial charge in [-0.2, -0.15) is 0 Å². The van der Waals surface area contributed by atoms with Crippen LogP contribution in [0.3, 0.4) is 0 Å². The first kappa shape index (κ1) is 12.4. The van der Waals surface area contributed by atoms with E-state index in [4.69, 9.17) is 9.84 Å². The van der Waals surface area contributed by atoms with Crippen LogP contribution >= 0.6 is 0 Å². The van der Waals surface area contributed by atoms with Gasteiger partial charge in [-0.3, -0.25) is 4.79 Å². The Hall–Kier alpha value is -2.08. The molecule has 2 rings (SSSR count). The van der Waals surface area contributed by atoms with Gasteiger partial charge in [0.15, 0.2) is 0 Å². The summed E-state index contributed by atoms with van der Waals surface area (Å²) < 4.78 is 5.20. The van der Waals surface area contributed by atoms with Crippen molar-refractivity contribution in [2.45, 2.75) is 18.9 Å². The van der Waals surface area contributed by atoms with Crippen molar-refractivity contribution in [1.82, 2.24) is 0 Å². The Labute approximate surface area is 103 Å². The summed E-state index contributed by atoms with van der Waals surface area (Å²) in [6.07, 6.45) is 0.991. The van der Waals surface area contributed by atoms with E-state index in [1.165, 1.54) is 12.1 Å². The molecular formula is C12H13NO5. The predicted octanol–water partition coefficient (Wildman–Crippen LogP) is 1.21. The summed E-state index contributed by atoms with van der Waals surface area (Å²) in [5, 5.41) is 20.9. The molecule has 0 bridgehead atoms. The lowest BCUT2D eigenvalue weighted by Gasteiger charge is -2.11. The Kier molecular flexibility index (Phi) is 3.47. The standard InChI is InChI=1S/C12H13NO5/c14-9-6-7(12(16)17)3-4-8(9)13-11(15)10-2-1-5-18-10/h3-4,6,10,14H,1-2,5H2,(H,13,15)(H,16,17)/t10-/m0/s1. The van der Waals surface area contributed by atoms with Gasteiger partial charge in [-0.1, -0.05) is 0 Å². The first-order valence-electron chi connectivity index (χ1n) is 5.56. The van der Waals surface area contributed by atoms with E-state index >= 15 is 0 Å². The normalized spacial score (nSPS) is 18.6. The molecule has 96 valence electrons. The molecule has 0 aliphatic carbocycles. The van der Waals surface area contributed by atoms with Crippen LogP contribution < -0.4 is 5.32 Å². The second kappa shape index (κ2) is 5.05. The van der Waals surface area contributed by atoms with Crippen LogP contribution in [0.4, 0.5) is 5.69 Å². The molecule has 0 unspecified atom stereocenters. The van der Waals surface area contributed by atoms with E-state index in [0.717, 1.165) is 12.5 Å². The highest BCUT2D eigenvalue weighted by Gasteiger charge is 2.24. The van der Waals surface area contributed by atoms with E-state index in [-0.39, 0.29) is 22.9 Å². The van der Waals surface area contributed by atoms with Gasteiger partial charge in [-0.05, 0) is 31.0 Å². The van der Waals surface area contributed by atoms with Gasteiger partial charge in [0.2, 0.25) is 0 Å². The Morgan fingerprint density at radius 1 is 1.39 bits per heavy atom. The number of benzene rings is 1. The van der Waals surface area contributed by atoms with Crippen LogP contribution in [0.15, 0.2) is 18.2 Å². The Balaban J connectivity index is 2.09. The number of aromatic hydroxyl groups is 1. The lowest BCUT2D eigenvalue weighted by atomic mass is 10.1. The highest BCUT2D eigenvalue weighted by molar-refractivity contribution is 5.96. The molecule has 1 aliphatic rings. The van der Waals surface area contributed by atoms with E-state index < -0.39 is 12.1 Å². The van der Waals surface area contributed by atoms with Crippen molar-refractivity contribution in [1.29, 1.82) is 0 Å². The van der Waals surface area contributed by atoms with Gasteiger partial charge in [0.25, 0.3) is 5.91 Å². The quantitative estimate of drug-likeness (QED) is 0.702. The zero-order valence-corrected chi connectivity index (χ0v) is 9.55. The molecule has 18 heavy (non-hydrogen) atoms. The molecule has 1 saturated heterocycles. The number of ether oxygens (including phenoxy) is 1. The summed E-state index contributed by atoms with van der Waals surface area (Å²) >= 11 is 0. The van der Waals surface area contributed by atoms with Gasteiger partial charge >= 0.3 is 5.97 Å². The molecule has 0 aromatic heterocycles. The van der Waals surface area contributed by atoms with Gasteiger partial charge in [0, 0.05) is 6.61 Å². The summed E-state index contributed by atoms with van der Waals surface area (Å²) in [5.41, 5.74) is 0.142. The van der Waals surface area contributed by atoms with Crippen LogP contribution in [-0.2, 0) is 9.53 Å². The van der Waals surface area contributed by atoms with Crippen molar-refractivity contribution in [2.75, 3.05) is 11.9 Å². The van der Waals surface area contributed by atoms with Crippen LogP contribution in [0.5, 0.6) is 5.75 Å². The average Bonchev–Trinajstić information content (AvgIpc) is 2.85. The second-order valence-electron chi connectivity index (χ2n) is 4.03. The smallest absolute Gasteiger partial charge is 0.335 e. The maximum atomic E-state index is 11.7. The van der Waals surface area contributed by atoms with Crippen LogP contribution in [0.25, 0.3) is 0 Å². The SMILES string of the molecule is O=C(O)c1ccc(NC(=O)[C@@H]2CCCO2)c(O)c1.